The molecule has 0 radical (unpaired) electrons. The average molecular weight is 503 g/mol. The molecule has 0 aromatic heterocycles. The number of nitrogens with zero attached hydrogens (tertiary/aromatic N) is 2. The highest BCUT2D eigenvalue weighted by Crippen LogP contribution is 2.51. The van der Waals surface area contributed by atoms with E-state index in [4.69, 9.17) is 29.8 Å². The maximum absolute atomic E-state index is 11.7. The van der Waals surface area contributed by atoms with E-state index in [0.29, 0.717) is 26.3 Å². The van der Waals surface area contributed by atoms with Crippen molar-refractivity contribution in [1.29, 1.82) is 0 Å². The molecule has 2 fully saturated rings. The van der Waals surface area contributed by atoms with E-state index < -0.39 is 22.0 Å². The Balaban J connectivity index is 0.000000421. The van der Waals surface area contributed by atoms with Crippen LogP contribution in [0.2, 0.25) is 0 Å². The minimum atomic E-state index is -3.18. The van der Waals surface area contributed by atoms with Gasteiger partial charge in [-0.05, 0) is 0 Å². The molecule has 2 aliphatic rings. The maximum Gasteiger partial charge on any atom is 0.423 e. The van der Waals surface area contributed by atoms with Gasteiger partial charge in [-0.2, -0.15) is 0 Å². The highest BCUT2D eigenvalue weighted by atomic mass is 35.7. The Bertz CT molecular complexity index is 565. The zero-order chi connectivity index (χ0) is 22.6. The van der Waals surface area contributed by atoms with E-state index >= 15 is 0 Å². The van der Waals surface area contributed by atoms with Crippen molar-refractivity contribution in [3.63, 3.8) is 0 Å². The highest BCUT2D eigenvalue weighted by molar-refractivity contribution is 7.81. The van der Waals surface area contributed by atoms with E-state index in [1.54, 1.807) is 18.0 Å². The minimum absolute atomic E-state index is 0.580. The van der Waals surface area contributed by atoms with Crippen molar-refractivity contribution < 1.29 is 41.3 Å². The first-order valence-electron chi connectivity index (χ1n) is 8.79. The standard InChI is InChI=1S/C6H14NO4P.C6H14NO2P.C2H6ClO3P/c1-9-12(8,10-2)7-3-5-11-6-4-7;1-10(2,8)7-3-5-9-6-4-7;1-5-7(3,4)6-2/h3-6H2,1-2H3;3-6H2,1-2H3;1-2H3. The molecular formula is C14H34ClN2O9P3. The molecule has 29 heavy (non-hydrogen) atoms. The fourth-order valence-corrected chi connectivity index (χ4v) is 4.75. The second-order valence-electron chi connectivity index (χ2n) is 6.06. The molecule has 0 bridgehead atoms. The van der Waals surface area contributed by atoms with Gasteiger partial charge in [0.1, 0.15) is 7.29 Å². The van der Waals surface area contributed by atoms with Crippen LogP contribution in [-0.2, 0) is 41.3 Å². The number of hydrogen-bond acceptors (Lipinski definition) is 9. The van der Waals surface area contributed by atoms with Crippen LogP contribution in [0.1, 0.15) is 0 Å². The third-order valence-electron chi connectivity index (χ3n) is 3.90. The summed E-state index contributed by atoms with van der Waals surface area (Å²) in [5.74, 6) is 0. The lowest BCUT2D eigenvalue weighted by Gasteiger charge is -2.30. The van der Waals surface area contributed by atoms with Gasteiger partial charge in [0, 0.05) is 79.2 Å². The van der Waals surface area contributed by atoms with Crippen LogP contribution in [0.4, 0.5) is 0 Å². The zero-order valence-corrected chi connectivity index (χ0v) is 21.4. The summed E-state index contributed by atoms with van der Waals surface area (Å²) in [7, 11) is 0.225. The molecule has 2 aliphatic heterocycles. The largest absolute Gasteiger partial charge is 0.423 e. The summed E-state index contributed by atoms with van der Waals surface area (Å²) >= 11 is 5.02. The van der Waals surface area contributed by atoms with Crippen LogP contribution in [-0.4, -0.2) is 104 Å². The van der Waals surface area contributed by atoms with Gasteiger partial charge in [0.2, 0.25) is 0 Å². The lowest BCUT2D eigenvalue weighted by atomic mass is 10.5. The van der Waals surface area contributed by atoms with Crippen LogP contribution in [0.15, 0.2) is 0 Å². The Kier molecular flexibility index (Phi) is 15.0. The molecule has 0 amide bonds. The first-order valence-corrected chi connectivity index (χ1v) is 15.3. The highest BCUT2D eigenvalue weighted by Gasteiger charge is 2.32. The Morgan fingerprint density at radius 1 is 0.690 bits per heavy atom. The summed E-state index contributed by atoms with van der Waals surface area (Å²) in [5.41, 5.74) is 0. The van der Waals surface area contributed by atoms with Crippen LogP contribution >= 0.6 is 33.2 Å². The van der Waals surface area contributed by atoms with Crippen molar-refractivity contribution in [2.75, 3.05) is 94.4 Å². The number of hydrogen-bond donors (Lipinski definition) is 0. The molecule has 0 spiro atoms. The van der Waals surface area contributed by atoms with E-state index in [0.717, 1.165) is 26.3 Å². The van der Waals surface area contributed by atoms with Crippen LogP contribution in [0, 0.1) is 0 Å². The molecule has 0 aromatic rings. The summed E-state index contributed by atoms with van der Waals surface area (Å²) in [6.07, 6.45) is 0. The third kappa shape index (κ3) is 12.3. The van der Waals surface area contributed by atoms with Crippen molar-refractivity contribution >= 4 is 33.2 Å². The van der Waals surface area contributed by atoms with E-state index in [9.17, 15) is 13.7 Å². The van der Waals surface area contributed by atoms with Crippen molar-refractivity contribution in [1.82, 2.24) is 9.34 Å². The van der Waals surface area contributed by atoms with Gasteiger partial charge in [0.05, 0.1) is 26.4 Å². The predicted molar refractivity (Wildman–Crippen MR) is 113 cm³/mol. The van der Waals surface area contributed by atoms with Gasteiger partial charge >= 0.3 is 14.7 Å². The lowest BCUT2D eigenvalue weighted by molar-refractivity contribution is 0.0560. The smallest absolute Gasteiger partial charge is 0.379 e. The summed E-state index contributed by atoms with van der Waals surface area (Å²) < 4.78 is 65.4. The average Bonchev–Trinajstić information content (AvgIpc) is 2.74. The van der Waals surface area contributed by atoms with Gasteiger partial charge in [-0.25, -0.2) is 18.5 Å². The molecular weight excluding hydrogens is 469 g/mol. The quantitative estimate of drug-likeness (QED) is 0.499. The normalized spacial score (nSPS) is 19.6. The van der Waals surface area contributed by atoms with Gasteiger partial charge < -0.3 is 23.1 Å². The van der Waals surface area contributed by atoms with Crippen molar-refractivity contribution in [2.24, 2.45) is 0 Å². The molecule has 0 atom stereocenters. The van der Waals surface area contributed by atoms with Crippen LogP contribution in [0.5, 0.6) is 0 Å². The Hall–Kier alpha value is 0.660. The first-order chi connectivity index (χ1) is 13.5. The second-order valence-corrected chi connectivity index (χ2v) is 14.3. The minimum Gasteiger partial charge on any atom is -0.379 e. The van der Waals surface area contributed by atoms with Gasteiger partial charge in [-0.3, -0.25) is 9.05 Å². The predicted octanol–water partition coefficient (Wildman–Crippen LogP) is 3.20. The maximum atomic E-state index is 11.7. The number of rotatable bonds is 6. The summed E-state index contributed by atoms with van der Waals surface area (Å²) in [6.45, 7) is 5.88. The van der Waals surface area contributed by atoms with E-state index in [1.807, 2.05) is 4.67 Å². The third-order valence-corrected chi connectivity index (χ3v) is 9.38. The van der Waals surface area contributed by atoms with Gasteiger partial charge in [0.25, 0.3) is 0 Å². The second kappa shape index (κ2) is 14.7. The molecule has 176 valence electrons. The monoisotopic (exact) mass is 502 g/mol. The van der Waals surface area contributed by atoms with Crippen molar-refractivity contribution in [2.45, 2.75) is 0 Å². The number of ether oxygens (including phenoxy) is 2. The molecule has 2 heterocycles. The lowest BCUT2D eigenvalue weighted by Crippen LogP contribution is -2.34. The van der Waals surface area contributed by atoms with Crippen molar-refractivity contribution in [3.8, 4) is 0 Å². The van der Waals surface area contributed by atoms with Crippen LogP contribution in [0.3, 0.4) is 0 Å². The molecule has 15 heteroatoms. The fraction of sp³-hybridized carbons (Fsp3) is 1.00. The summed E-state index contributed by atoms with van der Waals surface area (Å²) in [6, 6.07) is 0. The van der Waals surface area contributed by atoms with E-state index in [-0.39, 0.29) is 0 Å². The van der Waals surface area contributed by atoms with Gasteiger partial charge in [-0.1, -0.05) is 0 Å². The summed E-state index contributed by atoms with van der Waals surface area (Å²) in [4.78, 5) is 0. The number of halogens is 1. The molecule has 2 saturated heterocycles. The molecule has 0 unspecified atom stereocenters. The fourth-order valence-electron chi connectivity index (χ4n) is 2.21. The van der Waals surface area contributed by atoms with Crippen molar-refractivity contribution in [3.05, 3.63) is 0 Å². The first kappa shape index (κ1) is 29.7. The van der Waals surface area contributed by atoms with Gasteiger partial charge in [-0.15, -0.1) is 0 Å². The summed E-state index contributed by atoms with van der Waals surface area (Å²) in [5, 5.41) is 0. The molecule has 2 rings (SSSR count). The Morgan fingerprint density at radius 2 is 1.03 bits per heavy atom. The van der Waals surface area contributed by atoms with Crippen LogP contribution in [0.25, 0.3) is 0 Å². The molecule has 0 aliphatic carbocycles. The molecule has 0 N–H and O–H groups in total. The topological polar surface area (TPSA) is 113 Å². The molecule has 0 saturated carbocycles. The zero-order valence-electron chi connectivity index (χ0n) is 17.9. The molecule has 11 nitrogen and oxygen atoms in total. The van der Waals surface area contributed by atoms with E-state index in [2.05, 4.69) is 9.05 Å². The van der Waals surface area contributed by atoms with E-state index in [1.165, 1.54) is 28.4 Å². The Labute approximate surface area is 178 Å². The molecule has 0 aromatic carbocycles. The Morgan fingerprint density at radius 3 is 1.24 bits per heavy atom. The number of morpholine rings is 2. The van der Waals surface area contributed by atoms with Crippen LogP contribution < -0.4 is 0 Å². The van der Waals surface area contributed by atoms with Gasteiger partial charge in [0.15, 0.2) is 0 Å². The SMILES string of the molecule is COP(=O)(Cl)OC.COP(=O)(OC)N1CCOCC1.CP(C)(=O)N1CCOCC1.